The van der Waals surface area contributed by atoms with Gasteiger partial charge in [0.2, 0.25) is 5.91 Å². The predicted octanol–water partition coefficient (Wildman–Crippen LogP) is 1.12. The van der Waals surface area contributed by atoms with Gasteiger partial charge in [-0.25, -0.2) is 4.98 Å². The molecule has 0 atom stereocenters. The third-order valence-electron chi connectivity index (χ3n) is 3.00. The van der Waals surface area contributed by atoms with Crippen LogP contribution in [0.4, 0.5) is 0 Å². The average Bonchev–Trinajstić information content (AvgIpc) is 2.81. The Balaban J connectivity index is 1.67. The lowest BCUT2D eigenvalue weighted by molar-refractivity contribution is -0.122. The number of nitrogens with one attached hydrogen (secondary N) is 1. The van der Waals surface area contributed by atoms with E-state index in [1.807, 2.05) is 0 Å². The SMILES string of the molecule is O=C(CCn1cncn1)NC1CCCCC1. The lowest BCUT2D eigenvalue weighted by Gasteiger charge is -2.22. The van der Waals surface area contributed by atoms with Gasteiger partial charge >= 0.3 is 0 Å². The molecule has 0 radical (unpaired) electrons. The molecule has 0 bridgehead atoms. The van der Waals surface area contributed by atoms with Crippen molar-refractivity contribution in [2.75, 3.05) is 0 Å². The minimum atomic E-state index is 0.127. The first kappa shape index (κ1) is 11.1. The second-order valence-corrected chi connectivity index (χ2v) is 4.31. The van der Waals surface area contributed by atoms with Crippen LogP contribution in [0.25, 0.3) is 0 Å². The van der Waals surface area contributed by atoms with Gasteiger partial charge in [0.15, 0.2) is 0 Å². The maximum absolute atomic E-state index is 11.6. The van der Waals surface area contributed by atoms with Crippen molar-refractivity contribution in [3.05, 3.63) is 12.7 Å². The molecule has 1 aromatic heterocycles. The highest BCUT2D eigenvalue weighted by atomic mass is 16.1. The number of carbonyl (C=O) groups is 1. The lowest BCUT2D eigenvalue weighted by Crippen LogP contribution is -2.36. The smallest absolute Gasteiger partial charge is 0.222 e. The maximum Gasteiger partial charge on any atom is 0.222 e. The van der Waals surface area contributed by atoms with Gasteiger partial charge in [0.25, 0.3) is 0 Å². The first-order valence-electron chi connectivity index (χ1n) is 5.96. The van der Waals surface area contributed by atoms with Gasteiger partial charge < -0.3 is 5.32 Å². The molecule has 0 unspecified atom stereocenters. The predicted molar refractivity (Wildman–Crippen MR) is 59.7 cm³/mol. The molecule has 0 aromatic carbocycles. The fourth-order valence-corrected chi connectivity index (χ4v) is 2.11. The number of aromatic nitrogens is 3. The van der Waals surface area contributed by atoms with Crippen LogP contribution in [0.5, 0.6) is 0 Å². The molecule has 0 aliphatic heterocycles. The molecular formula is C11H18N4O. The molecule has 1 aromatic rings. The fraction of sp³-hybridized carbons (Fsp3) is 0.727. The van der Waals surface area contributed by atoms with Gasteiger partial charge in [-0.2, -0.15) is 5.10 Å². The molecular weight excluding hydrogens is 204 g/mol. The van der Waals surface area contributed by atoms with E-state index in [9.17, 15) is 4.79 Å². The fourth-order valence-electron chi connectivity index (χ4n) is 2.11. The van der Waals surface area contributed by atoms with Crippen molar-refractivity contribution >= 4 is 5.91 Å². The van der Waals surface area contributed by atoms with Crippen molar-refractivity contribution in [1.29, 1.82) is 0 Å². The van der Waals surface area contributed by atoms with Crippen molar-refractivity contribution in [2.24, 2.45) is 0 Å². The van der Waals surface area contributed by atoms with Gasteiger partial charge in [-0.05, 0) is 12.8 Å². The van der Waals surface area contributed by atoms with E-state index in [-0.39, 0.29) is 5.91 Å². The van der Waals surface area contributed by atoms with Gasteiger partial charge in [-0.3, -0.25) is 9.48 Å². The van der Waals surface area contributed by atoms with Gasteiger partial charge in [-0.1, -0.05) is 19.3 Å². The van der Waals surface area contributed by atoms with Crippen LogP contribution in [0.3, 0.4) is 0 Å². The number of carbonyl (C=O) groups excluding carboxylic acids is 1. The summed E-state index contributed by atoms with van der Waals surface area (Å²) in [5.74, 6) is 0.127. The summed E-state index contributed by atoms with van der Waals surface area (Å²) in [6.07, 6.45) is 9.67. The Morgan fingerprint density at radius 3 is 2.88 bits per heavy atom. The molecule has 2 rings (SSSR count). The number of hydrogen-bond acceptors (Lipinski definition) is 3. The number of hydrogen-bond donors (Lipinski definition) is 1. The topological polar surface area (TPSA) is 59.8 Å². The summed E-state index contributed by atoms with van der Waals surface area (Å²) >= 11 is 0. The third-order valence-corrected chi connectivity index (χ3v) is 3.00. The zero-order valence-electron chi connectivity index (χ0n) is 9.43. The van der Waals surface area contributed by atoms with E-state index in [1.54, 1.807) is 11.0 Å². The van der Waals surface area contributed by atoms with Crippen LogP contribution in [0.15, 0.2) is 12.7 Å². The molecule has 16 heavy (non-hydrogen) atoms. The maximum atomic E-state index is 11.6. The Hall–Kier alpha value is -1.39. The molecule has 5 nitrogen and oxygen atoms in total. The quantitative estimate of drug-likeness (QED) is 0.830. The van der Waals surface area contributed by atoms with Crippen LogP contribution < -0.4 is 5.32 Å². The highest BCUT2D eigenvalue weighted by molar-refractivity contribution is 5.76. The Labute approximate surface area is 95.2 Å². The standard InChI is InChI=1S/C11H18N4O/c16-11(6-7-15-9-12-8-13-15)14-10-4-2-1-3-5-10/h8-10H,1-7H2,(H,14,16). The zero-order valence-corrected chi connectivity index (χ0v) is 9.43. The summed E-state index contributed by atoms with van der Waals surface area (Å²) in [5.41, 5.74) is 0. The van der Waals surface area contributed by atoms with Gasteiger partial charge in [0, 0.05) is 12.5 Å². The number of rotatable bonds is 4. The Kier molecular flexibility index (Phi) is 3.91. The van der Waals surface area contributed by atoms with E-state index in [0.29, 0.717) is 19.0 Å². The molecule has 1 amide bonds. The summed E-state index contributed by atoms with van der Waals surface area (Å²) in [5, 5.41) is 7.04. The number of amides is 1. The monoisotopic (exact) mass is 222 g/mol. The summed E-state index contributed by atoms with van der Waals surface area (Å²) in [7, 11) is 0. The molecule has 0 saturated heterocycles. The van der Waals surface area contributed by atoms with E-state index in [0.717, 1.165) is 12.8 Å². The number of nitrogens with zero attached hydrogens (tertiary/aromatic N) is 3. The van der Waals surface area contributed by atoms with Gasteiger partial charge in [0.1, 0.15) is 12.7 Å². The van der Waals surface area contributed by atoms with Crippen molar-refractivity contribution < 1.29 is 4.79 Å². The van der Waals surface area contributed by atoms with Gasteiger partial charge in [0.05, 0.1) is 6.54 Å². The van der Waals surface area contributed by atoms with E-state index in [1.165, 1.54) is 25.6 Å². The third kappa shape index (κ3) is 3.32. The summed E-state index contributed by atoms with van der Waals surface area (Å²) < 4.78 is 1.68. The van der Waals surface area contributed by atoms with Crippen molar-refractivity contribution in [3.8, 4) is 0 Å². The highest BCUT2D eigenvalue weighted by Crippen LogP contribution is 2.17. The van der Waals surface area contributed by atoms with Crippen molar-refractivity contribution in [1.82, 2.24) is 20.1 Å². The summed E-state index contributed by atoms with van der Waals surface area (Å²) in [6.45, 7) is 0.610. The zero-order chi connectivity index (χ0) is 11.2. The largest absolute Gasteiger partial charge is 0.353 e. The molecule has 1 N–H and O–H groups in total. The van der Waals surface area contributed by atoms with Crippen molar-refractivity contribution in [3.63, 3.8) is 0 Å². The van der Waals surface area contributed by atoms with Gasteiger partial charge in [-0.15, -0.1) is 0 Å². The Bertz CT molecular complexity index is 317. The molecule has 0 spiro atoms. The van der Waals surface area contributed by atoms with Crippen LogP contribution in [0.1, 0.15) is 38.5 Å². The molecule has 1 heterocycles. The van der Waals surface area contributed by atoms with Crippen LogP contribution in [-0.2, 0) is 11.3 Å². The molecule has 1 saturated carbocycles. The first-order chi connectivity index (χ1) is 7.84. The molecule has 88 valence electrons. The minimum absolute atomic E-state index is 0.127. The lowest BCUT2D eigenvalue weighted by atomic mass is 9.95. The van der Waals surface area contributed by atoms with E-state index >= 15 is 0 Å². The molecule has 1 fully saturated rings. The van der Waals surface area contributed by atoms with E-state index in [4.69, 9.17) is 0 Å². The molecule has 1 aliphatic rings. The second kappa shape index (κ2) is 5.63. The minimum Gasteiger partial charge on any atom is -0.353 e. The Morgan fingerprint density at radius 2 is 2.19 bits per heavy atom. The van der Waals surface area contributed by atoms with Crippen LogP contribution in [-0.4, -0.2) is 26.7 Å². The first-order valence-corrected chi connectivity index (χ1v) is 5.96. The van der Waals surface area contributed by atoms with E-state index < -0.39 is 0 Å². The van der Waals surface area contributed by atoms with Crippen molar-refractivity contribution in [2.45, 2.75) is 51.1 Å². The average molecular weight is 222 g/mol. The Morgan fingerprint density at radius 1 is 1.38 bits per heavy atom. The van der Waals surface area contributed by atoms with Crippen LogP contribution in [0, 0.1) is 0 Å². The van der Waals surface area contributed by atoms with E-state index in [2.05, 4.69) is 15.4 Å². The number of aryl methyl sites for hydroxylation is 1. The van der Waals surface area contributed by atoms with Crippen LogP contribution in [0.2, 0.25) is 0 Å². The highest BCUT2D eigenvalue weighted by Gasteiger charge is 2.15. The van der Waals surface area contributed by atoms with Crippen LogP contribution >= 0.6 is 0 Å². The summed E-state index contributed by atoms with van der Waals surface area (Å²) in [4.78, 5) is 15.5. The molecule has 1 aliphatic carbocycles. The second-order valence-electron chi connectivity index (χ2n) is 4.31. The normalized spacial score (nSPS) is 17.2. The summed E-state index contributed by atoms with van der Waals surface area (Å²) in [6, 6.07) is 0.400. The molecule has 5 heteroatoms.